The largest absolute Gasteiger partial charge is 0.314 e. The van der Waals surface area contributed by atoms with Gasteiger partial charge < -0.3 is 5.32 Å². The van der Waals surface area contributed by atoms with Gasteiger partial charge in [-0.05, 0) is 12.1 Å². The minimum absolute atomic E-state index is 0.00401. The third kappa shape index (κ3) is 2.63. The van der Waals surface area contributed by atoms with Crippen molar-refractivity contribution in [3.05, 3.63) is 68.3 Å². The van der Waals surface area contributed by atoms with Gasteiger partial charge in [0.2, 0.25) is 0 Å². The Labute approximate surface area is 134 Å². The van der Waals surface area contributed by atoms with E-state index in [0.717, 1.165) is 12.1 Å². The van der Waals surface area contributed by atoms with E-state index in [1.807, 2.05) is 0 Å². The average molecular weight is 327 g/mol. The van der Waals surface area contributed by atoms with Crippen molar-refractivity contribution in [3.63, 3.8) is 0 Å². The first-order chi connectivity index (χ1) is 11.5. The van der Waals surface area contributed by atoms with Crippen LogP contribution >= 0.6 is 0 Å². The van der Waals surface area contributed by atoms with E-state index in [4.69, 9.17) is 0 Å². The third-order valence-electron chi connectivity index (χ3n) is 3.29. The zero-order valence-corrected chi connectivity index (χ0v) is 11.9. The summed E-state index contributed by atoms with van der Waals surface area (Å²) in [6.45, 7) is 0. The molecule has 24 heavy (non-hydrogen) atoms. The number of hydrazone groups is 1. The normalized spacial score (nSPS) is 14.2. The summed E-state index contributed by atoms with van der Waals surface area (Å²) in [5, 5.41) is 28.3. The Kier molecular flexibility index (Phi) is 3.62. The maximum absolute atomic E-state index is 12.0. The van der Waals surface area contributed by atoms with Crippen LogP contribution in [0.15, 0.2) is 47.6 Å². The van der Waals surface area contributed by atoms with Gasteiger partial charge in [0.05, 0.1) is 21.6 Å². The lowest BCUT2D eigenvalue weighted by atomic mass is 10.1. The number of nitrogens with zero attached hydrogens (tertiary/aromatic N) is 3. The van der Waals surface area contributed by atoms with Gasteiger partial charge in [0.15, 0.2) is 5.71 Å². The van der Waals surface area contributed by atoms with Gasteiger partial charge in [-0.2, -0.15) is 5.10 Å². The van der Waals surface area contributed by atoms with Crippen molar-refractivity contribution in [3.8, 4) is 0 Å². The van der Waals surface area contributed by atoms with E-state index in [1.54, 1.807) is 30.3 Å². The van der Waals surface area contributed by atoms with Gasteiger partial charge >= 0.3 is 0 Å². The molecule has 0 radical (unpaired) electrons. The molecule has 0 bridgehead atoms. The smallest absolute Gasteiger partial charge is 0.300 e. The van der Waals surface area contributed by atoms with Crippen LogP contribution in [0.2, 0.25) is 0 Å². The van der Waals surface area contributed by atoms with Crippen molar-refractivity contribution in [1.29, 1.82) is 0 Å². The summed E-state index contributed by atoms with van der Waals surface area (Å²) in [7, 11) is 0. The lowest BCUT2D eigenvalue weighted by Crippen LogP contribution is -2.16. The van der Waals surface area contributed by atoms with Crippen LogP contribution in [0.1, 0.15) is 5.56 Å². The number of non-ortho nitro benzene ring substituents is 1. The Hall–Kier alpha value is -3.82. The second-order valence-electron chi connectivity index (χ2n) is 4.79. The van der Waals surface area contributed by atoms with Gasteiger partial charge in [-0.3, -0.25) is 30.4 Å². The van der Waals surface area contributed by atoms with Crippen LogP contribution in [-0.4, -0.2) is 21.5 Å². The molecule has 0 saturated heterocycles. The number of benzene rings is 2. The maximum atomic E-state index is 12.0. The molecule has 0 unspecified atom stereocenters. The number of nitrogens with one attached hydrogen (secondary N) is 2. The molecule has 0 aromatic heterocycles. The molecule has 1 heterocycles. The summed E-state index contributed by atoms with van der Waals surface area (Å²) in [5.41, 5.74) is 1.91. The molecule has 3 rings (SSSR count). The standard InChI is InChI=1S/C14H9N5O5/c20-14-13(17-16-8-4-2-1-3-5-8)10-6-9(18(21)22)7-11(19(23)24)12(10)15-14/h1-7,16H,(H,15,17,20). The third-order valence-corrected chi connectivity index (χ3v) is 3.29. The molecule has 10 heteroatoms. The Morgan fingerprint density at radius 2 is 1.75 bits per heavy atom. The van der Waals surface area contributed by atoms with E-state index in [-0.39, 0.29) is 17.0 Å². The Morgan fingerprint density at radius 3 is 2.38 bits per heavy atom. The van der Waals surface area contributed by atoms with Crippen molar-refractivity contribution in [2.45, 2.75) is 0 Å². The number of hydrogen-bond acceptors (Lipinski definition) is 7. The Balaban J connectivity index is 2.08. The van der Waals surface area contributed by atoms with E-state index in [9.17, 15) is 25.0 Å². The molecule has 1 aliphatic heterocycles. The van der Waals surface area contributed by atoms with Crippen molar-refractivity contribution in [2.75, 3.05) is 10.7 Å². The zero-order chi connectivity index (χ0) is 17.3. The highest BCUT2D eigenvalue weighted by molar-refractivity contribution is 6.54. The average Bonchev–Trinajstić information content (AvgIpc) is 2.88. The fourth-order valence-electron chi connectivity index (χ4n) is 2.22. The number of carbonyl (C=O) groups is 1. The van der Waals surface area contributed by atoms with Crippen LogP contribution in [0.5, 0.6) is 0 Å². The quantitative estimate of drug-likeness (QED) is 0.652. The molecule has 10 nitrogen and oxygen atoms in total. The molecule has 2 aromatic carbocycles. The van der Waals surface area contributed by atoms with Crippen LogP contribution < -0.4 is 10.7 Å². The van der Waals surface area contributed by atoms with Crippen LogP contribution in [0.3, 0.4) is 0 Å². The number of para-hydroxylation sites is 1. The van der Waals surface area contributed by atoms with Gasteiger partial charge in [0.1, 0.15) is 5.69 Å². The topological polar surface area (TPSA) is 140 Å². The minimum atomic E-state index is -0.792. The van der Waals surface area contributed by atoms with E-state index >= 15 is 0 Å². The van der Waals surface area contributed by atoms with Gasteiger partial charge in [0.25, 0.3) is 17.3 Å². The van der Waals surface area contributed by atoms with Crippen molar-refractivity contribution >= 4 is 34.4 Å². The lowest BCUT2D eigenvalue weighted by Gasteiger charge is -2.02. The van der Waals surface area contributed by atoms with Crippen molar-refractivity contribution in [1.82, 2.24) is 0 Å². The molecule has 2 N–H and O–H groups in total. The SMILES string of the molecule is O=C1Nc2c(cc([N+](=O)[O-])cc2[N+](=O)[O-])/C1=N/Nc1ccccc1. The fourth-order valence-corrected chi connectivity index (χ4v) is 2.22. The monoisotopic (exact) mass is 327 g/mol. The van der Waals surface area contributed by atoms with Crippen molar-refractivity contribution in [2.24, 2.45) is 5.10 Å². The van der Waals surface area contributed by atoms with Gasteiger partial charge in [0, 0.05) is 11.6 Å². The first-order valence-corrected chi connectivity index (χ1v) is 6.64. The maximum Gasteiger partial charge on any atom is 0.300 e. The number of hydrogen-bond donors (Lipinski definition) is 2. The predicted octanol–water partition coefficient (Wildman–Crippen LogP) is 2.27. The molecule has 120 valence electrons. The second kappa shape index (κ2) is 5.76. The first-order valence-electron chi connectivity index (χ1n) is 6.64. The summed E-state index contributed by atoms with van der Waals surface area (Å²) < 4.78 is 0. The van der Waals surface area contributed by atoms with E-state index in [0.29, 0.717) is 5.69 Å². The summed E-state index contributed by atoms with van der Waals surface area (Å²) in [6, 6.07) is 10.6. The number of rotatable bonds is 4. The fraction of sp³-hybridized carbons (Fsp3) is 0. The highest BCUT2D eigenvalue weighted by atomic mass is 16.6. The predicted molar refractivity (Wildman–Crippen MR) is 85.0 cm³/mol. The molecule has 0 spiro atoms. The zero-order valence-electron chi connectivity index (χ0n) is 11.9. The summed E-state index contributed by atoms with van der Waals surface area (Å²) in [5.74, 6) is -0.683. The first kappa shape index (κ1) is 15.1. The van der Waals surface area contributed by atoms with Crippen LogP contribution in [-0.2, 0) is 4.79 Å². The molecule has 0 fully saturated rings. The lowest BCUT2D eigenvalue weighted by molar-refractivity contribution is -0.393. The number of nitro groups is 2. The van der Waals surface area contributed by atoms with E-state index in [2.05, 4.69) is 15.8 Å². The summed E-state index contributed by atoms with van der Waals surface area (Å²) >= 11 is 0. The highest BCUT2D eigenvalue weighted by Gasteiger charge is 2.35. The number of carbonyl (C=O) groups excluding carboxylic acids is 1. The second-order valence-corrected chi connectivity index (χ2v) is 4.79. The molecule has 0 saturated carbocycles. The molecule has 2 aromatic rings. The van der Waals surface area contributed by atoms with Crippen molar-refractivity contribution < 1.29 is 14.6 Å². The number of amides is 1. The molecule has 0 aliphatic carbocycles. The minimum Gasteiger partial charge on any atom is -0.314 e. The van der Waals surface area contributed by atoms with Crippen LogP contribution in [0, 0.1) is 20.2 Å². The summed E-state index contributed by atoms with van der Waals surface area (Å²) in [6.07, 6.45) is 0. The van der Waals surface area contributed by atoms with E-state index < -0.39 is 27.1 Å². The Bertz CT molecular complexity index is 894. The molecule has 1 amide bonds. The Morgan fingerprint density at radius 1 is 1.04 bits per heavy atom. The van der Waals surface area contributed by atoms with Crippen LogP contribution in [0.4, 0.5) is 22.7 Å². The van der Waals surface area contributed by atoms with Crippen LogP contribution in [0.25, 0.3) is 0 Å². The van der Waals surface area contributed by atoms with Gasteiger partial charge in [-0.15, -0.1) is 0 Å². The highest BCUT2D eigenvalue weighted by Crippen LogP contribution is 2.37. The molecular formula is C14H9N5O5. The number of fused-ring (bicyclic) bond motifs is 1. The van der Waals surface area contributed by atoms with E-state index in [1.165, 1.54) is 0 Å². The van der Waals surface area contributed by atoms with Gasteiger partial charge in [-0.25, -0.2) is 0 Å². The summed E-state index contributed by atoms with van der Waals surface area (Å²) in [4.78, 5) is 32.5. The molecular weight excluding hydrogens is 318 g/mol. The molecule has 1 aliphatic rings. The molecule has 0 atom stereocenters. The number of nitro benzene ring substituents is 2. The van der Waals surface area contributed by atoms with Gasteiger partial charge in [-0.1, -0.05) is 18.2 Å². The number of anilines is 2.